The zero-order valence-corrected chi connectivity index (χ0v) is 20.9. The van der Waals surface area contributed by atoms with E-state index < -0.39 is 17.7 Å². The van der Waals surface area contributed by atoms with Gasteiger partial charge in [-0.1, -0.05) is 45.0 Å². The van der Waals surface area contributed by atoms with Crippen molar-refractivity contribution < 1.29 is 19.4 Å². The van der Waals surface area contributed by atoms with E-state index >= 15 is 0 Å². The number of carbonyl (C=O) groups excluding carboxylic acids is 2. The molecule has 180 valence electrons. The van der Waals surface area contributed by atoms with Crippen molar-refractivity contribution in [2.45, 2.75) is 46.1 Å². The Hall–Kier alpha value is -3.93. The standard InChI is InChI=1S/C29H30N2O4/c1-17-14-18(2)27(35-6)22(15-17)25(32)23-24(19-8-7-13-30-16-19)31(28(34)26(23)33)21-11-9-20(10-12-21)29(3,4)5/h7-16,24,32H,1-6H3/b25-23+. The Kier molecular flexibility index (Phi) is 6.24. The second-order valence-electron chi connectivity index (χ2n) is 9.91. The number of pyridine rings is 1. The number of aromatic nitrogens is 1. The molecule has 1 saturated heterocycles. The molecule has 1 N–H and O–H groups in total. The molecule has 6 heteroatoms. The molecule has 1 aliphatic heterocycles. The highest BCUT2D eigenvalue weighted by atomic mass is 16.5. The smallest absolute Gasteiger partial charge is 0.300 e. The molecule has 1 unspecified atom stereocenters. The molecule has 4 rings (SSSR count). The van der Waals surface area contributed by atoms with Crippen LogP contribution in [0.5, 0.6) is 5.75 Å². The van der Waals surface area contributed by atoms with E-state index in [0.717, 1.165) is 16.7 Å². The largest absolute Gasteiger partial charge is 0.507 e. The second kappa shape index (κ2) is 9.02. The molecule has 1 aliphatic rings. The number of carbonyl (C=O) groups is 2. The van der Waals surface area contributed by atoms with Crippen molar-refractivity contribution >= 4 is 23.1 Å². The quantitative estimate of drug-likeness (QED) is 0.304. The molecule has 1 aromatic heterocycles. The van der Waals surface area contributed by atoms with Gasteiger partial charge in [0.25, 0.3) is 11.7 Å². The van der Waals surface area contributed by atoms with Gasteiger partial charge < -0.3 is 9.84 Å². The minimum Gasteiger partial charge on any atom is -0.507 e. The van der Waals surface area contributed by atoms with Gasteiger partial charge in [-0.25, -0.2) is 0 Å². The molecule has 2 heterocycles. The number of aliphatic hydroxyl groups excluding tert-OH is 1. The van der Waals surface area contributed by atoms with Gasteiger partial charge in [0, 0.05) is 18.1 Å². The Balaban J connectivity index is 1.95. The highest BCUT2D eigenvalue weighted by molar-refractivity contribution is 6.51. The van der Waals surface area contributed by atoms with Gasteiger partial charge >= 0.3 is 0 Å². The summed E-state index contributed by atoms with van der Waals surface area (Å²) in [6.07, 6.45) is 3.24. The first-order chi connectivity index (χ1) is 16.5. The summed E-state index contributed by atoms with van der Waals surface area (Å²) in [5.41, 5.74) is 4.34. The Bertz CT molecular complexity index is 1320. The highest BCUT2D eigenvalue weighted by Gasteiger charge is 2.47. The predicted molar refractivity (Wildman–Crippen MR) is 137 cm³/mol. The fourth-order valence-corrected chi connectivity index (χ4v) is 4.62. The van der Waals surface area contributed by atoms with E-state index in [-0.39, 0.29) is 16.7 Å². The molecule has 2 aromatic carbocycles. The topological polar surface area (TPSA) is 79.7 Å². The fourth-order valence-electron chi connectivity index (χ4n) is 4.62. The lowest BCUT2D eigenvalue weighted by Gasteiger charge is -2.26. The minimum absolute atomic E-state index is 0.00574. The first-order valence-electron chi connectivity index (χ1n) is 11.5. The Morgan fingerprint density at radius 3 is 2.31 bits per heavy atom. The second-order valence-corrected chi connectivity index (χ2v) is 9.91. The Labute approximate surface area is 205 Å². The average Bonchev–Trinajstić information content (AvgIpc) is 3.08. The van der Waals surface area contributed by atoms with E-state index in [9.17, 15) is 14.7 Å². The first-order valence-corrected chi connectivity index (χ1v) is 11.5. The highest BCUT2D eigenvalue weighted by Crippen LogP contribution is 2.44. The maximum Gasteiger partial charge on any atom is 0.300 e. The van der Waals surface area contributed by atoms with E-state index in [1.807, 2.05) is 44.2 Å². The van der Waals surface area contributed by atoms with Crippen molar-refractivity contribution in [1.29, 1.82) is 0 Å². The molecule has 0 spiro atoms. The van der Waals surface area contributed by atoms with Crippen LogP contribution in [0.4, 0.5) is 5.69 Å². The number of amides is 1. The SMILES string of the molecule is COc1c(C)cc(C)cc1/C(O)=C1\C(=O)C(=O)N(c2ccc(C(C)(C)C)cc2)C1c1cccnc1. The maximum atomic E-state index is 13.4. The summed E-state index contributed by atoms with van der Waals surface area (Å²) >= 11 is 0. The van der Waals surface area contributed by atoms with Crippen molar-refractivity contribution in [2.24, 2.45) is 0 Å². The number of methoxy groups -OCH3 is 1. The number of rotatable bonds is 4. The van der Waals surface area contributed by atoms with Gasteiger partial charge in [-0.2, -0.15) is 0 Å². The van der Waals surface area contributed by atoms with E-state index in [4.69, 9.17) is 4.74 Å². The monoisotopic (exact) mass is 470 g/mol. The average molecular weight is 471 g/mol. The molecule has 1 amide bonds. The number of nitrogens with zero attached hydrogens (tertiary/aromatic N) is 2. The third-order valence-corrected chi connectivity index (χ3v) is 6.33. The van der Waals surface area contributed by atoms with Gasteiger partial charge in [-0.3, -0.25) is 19.5 Å². The van der Waals surface area contributed by atoms with Crippen LogP contribution in [0.25, 0.3) is 5.76 Å². The molecule has 0 bridgehead atoms. The normalized spacial score (nSPS) is 17.7. The van der Waals surface area contributed by atoms with Gasteiger partial charge in [-0.15, -0.1) is 0 Å². The lowest BCUT2D eigenvalue weighted by molar-refractivity contribution is -0.132. The number of ketones is 1. The summed E-state index contributed by atoms with van der Waals surface area (Å²) in [5.74, 6) is -1.27. The molecule has 35 heavy (non-hydrogen) atoms. The van der Waals surface area contributed by atoms with Crippen molar-refractivity contribution in [3.8, 4) is 5.75 Å². The van der Waals surface area contributed by atoms with Crippen LogP contribution in [0, 0.1) is 13.8 Å². The molecule has 1 fully saturated rings. The van der Waals surface area contributed by atoms with E-state index in [1.54, 1.807) is 30.6 Å². The number of Topliss-reactive ketones (excluding diaryl/α,β-unsaturated/α-hetero) is 1. The molecule has 1 atom stereocenters. The number of hydrogen-bond donors (Lipinski definition) is 1. The van der Waals surface area contributed by atoms with Crippen molar-refractivity contribution in [2.75, 3.05) is 12.0 Å². The summed E-state index contributed by atoms with van der Waals surface area (Å²) < 4.78 is 5.55. The van der Waals surface area contributed by atoms with Gasteiger partial charge in [0.05, 0.1) is 24.3 Å². The maximum absolute atomic E-state index is 13.4. The molecular weight excluding hydrogens is 440 g/mol. The van der Waals surface area contributed by atoms with Crippen LogP contribution >= 0.6 is 0 Å². The zero-order valence-electron chi connectivity index (χ0n) is 20.9. The zero-order chi connectivity index (χ0) is 25.5. The molecule has 3 aromatic rings. The van der Waals surface area contributed by atoms with E-state index in [0.29, 0.717) is 22.6 Å². The van der Waals surface area contributed by atoms with Crippen LogP contribution in [0.1, 0.15) is 54.6 Å². The van der Waals surface area contributed by atoms with Gasteiger partial charge in [-0.05, 0) is 65.8 Å². The number of aryl methyl sites for hydroxylation is 2. The van der Waals surface area contributed by atoms with Crippen molar-refractivity contribution in [3.05, 3.63) is 94.3 Å². The van der Waals surface area contributed by atoms with Gasteiger partial charge in [0.2, 0.25) is 0 Å². The summed E-state index contributed by atoms with van der Waals surface area (Å²) in [5, 5.41) is 11.5. The Morgan fingerprint density at radius 1 is 1.06 bits per heavy atom. The van der Waals surface area contributed by atoms with Crippen molar-refractivity contribution in [1.82, 2.24) is 4.98 Å². The molecule has 0 aliphatic carbocycles. The van der Waals surface area contributed by atoms with Gasteiger partial charge in [0.1, 0.15) is 11.5 Å². The third-order valence-electron chi connectivity index (χ3n) is 6.33. The van der Waals surface area contributed by atoms with Gasteiger partial charge in [0.15, 0.2) is 0 Å². The van der Waals surface area contributed by atoms with Crippen LogP contribution in [-0.4, -0.2) is 28.9 Å². The number of benzene rings is 2. The fraction of sp³-hybridized carbons (Fsp3) is 0.276. The minimum atomic E-state index is -0.838. The predicted octanol–water partition coefficient (Wildman–Crippen LogP) is 5.63. The summed E-state index contributed by atoms with van der Waals surface area (Å²) in [6, 6.07) is 14.0. The lowest BCUT2D eigenvalue weighted by atomic mass is 9.87. The Morgan fingerprint density at radius 2 is 1.74 bits per heavy atom. The first kappa shape index (κ1) is 24.2. The number of ether oxygens (including phenoxy) is 1. The van der Waals surface area contributed by atoms with E-state index in [1.165, 1.54) is 12.0 Å². The van der Waals surface area contributed by atoms with Crippen molar-refractivity contribution in [3.63, 3.8) is 0 Å². The molecule has 6 nitrogen and oxygen atoms in total. The third kappa shape index (κ3) is 4.32. The van der Waals surface area contributed by atoms with Crippen LogP contribution in [0.2, 0.25) is 0 Å². The van der Waals surface area contributed by atoms with Crippen LogP contribution in [0.15, 0.2) is 66.5 Å². The summed E-state index contributed by atoms with van der Waals surface area (Å²) in [6.45, 7) is 10.1. The summed E-state index contributed by atoms with van der Waals surface area (Å²) in [7, 11) is 1.52. The molecule has 0 saturated carbocycles. The summed E-state index contributed by atoms with van der Waals surface area (Å²) in [4.78, 5) is 32.4. The van der Waals surface area contributed by atoms with Crippen LogP contribution in [0.3, 0.4) is 0 Å². The lowest BCUT2D eigenvalue weighted by Crippen LogP contribution is -2.29. The van der Waals surface area contributed by atoms with Crippen LogP contribution < -0.4 is 9.64 Å². The number of anilines is 1. The number of hydrogen-bond acceptors (Lipinski definition) is 5. The van der Waals surface area contributed by atoms with Crippen LogP contribution in [-0.2, 0) is 15.0 Å². The molecule has 0 radical (unpaired) electrons. The number of aliphatic hydroxyl groups is 1. The molecular formula is C29H30N2O4. The van der Waals surface area contributed by atoms with E-state index in [2.05, 4.69) is 25.8 Å².